The average Bonchev–Trinajstić information content (AvgIpc) is 3.19. The van der Waals surface area contributed by atoms with Gasteiger partial charge in [-0.25, -0.2) is 4.99 Å². The van der Waals surface area contributed by atoms with Crippen molar-refractivity contribution < 1.29 is 0 Å². The van der Waals surface area contributed by atoms with Gasteiger partial charge in [0, 0.05) is 42.3 Å². The van der Waals surface area contributed by atoms with Gasteiger partial charge < -0.3 is 4.90 Å². The van der Waals surface area contributed by atoms with E-state index in [1.54, 1.807) is 0 Å². The lowest BCUT2D eigenvalue weighted by Crippen LogP contribution is -2.51. The molecule has 2 aromatic rings. The Morgan fingerprint density at radius 1 is 1.03 bits per heavy atom. The maximum atomic E-state index is 6.23. The number of halogens is 2. The third-order valence-electron chi connectivity index (χ3n) is 5.75. The number of hydrazine groups is 1. The number of rotatable bonds is 6. The highest BCUT2D eigenvalue weighted by Crippen LogP contribution is 2.22. The maximum absolute atomic E-state index is 6.23. The molecule has 1 unspecified atom stereocenters. The minimum atomic E-state index is -0.364. The Morgan fingerprint density at radius 2 is 1.80 bits per heavy atom. The molecule has 1 saturated heterocycles. The summed E-state index contributed by atoms with van der Waals surface area (Å²) >= 11 is 12.3. The van der Waals surface area contributed by atoms with Crippen molar-refractivity contribution in [3.05, 3.63) is 69.7 Å². The van der Waals surface area contributed by atoms with E-state index >= 15 is 0 Å². The molecule has 4 rings (SSSR count). The highest BCUT2D eigenvalue weighted by molar-refractivity contribution is 6.30. The zero-order valence-corrected chi connectivity index (χ0v) is 18.4. The summed E-state index contributed by atoms with van der Waals surface area (Å²) in [4.78, 5) is 9.26. The Labute approximate surface area is 188 Å². The van der Waals surface area contributed by atoms with Crippen LogP contribution >= 0.6 is 23.2 Å². The number of aliphatic imine (C=N–C) groups is 1. The lowest BCUT2D eigenvalue weighted by molar-refractivity contribution is 0.129. The number of benzene rings is 2. The summed E-state index contributed by atoms with van der Waals surface area (Å²) in [6.45, 7) is 3.80. The van der Waals surface area contributed by atoms with Crippen LogP contribution in [-0.4, -0.2) is 47.7 Å². The highest BCUT2D eigenvalue weighted by Gasteiger charge is 2.28. The van der Waals surface area contributed by atoms with Crippen molar-refractivity contribution in [1.29, 1.82) is 0 Å². The summed E-state index contributed by atoms with van der Waals surface area (Å²) in [6.07, 6.45) is 2.79. The predicted molar refractivity (Wildman–Crippen MR) is 123 cm³/mol. The van der Waals surface area contributed by atoms with E-state index in [0.717, 1.165) is 61.4 Å². The van der Waals surface area contributed by atoms with Gasteiger partial charge in [-0.2, -0.15) is 5.43 Å². The Morgan fingerprint density at radius 3 is 2.47 bits per heavy atom. The molecule has 30 heavy (non-hydrogen) atoms. The smallest absolute Gasteiger partial charge is 0.211 e. The number of guanidine groups is 1. The van der Waals surface area contributed by atoms with Gasteiger partial charge in [-0.1, -0.05) is 47.5 Å². The fourth-order valence-electron chi connectivity index (χ4n) is 4.12. The lowest BCUT2D eigenvalue weighted by Gasteiger charge is -2.39. The zero-order valence-electron chi connectivity index (χ0n) is 16.9. The van der Waals surface area contributed by atoms with Crippen LogP contribution in [0.5, 0.6) is 0 Å². The molecule has 0 radical (unpaired) electrons. The van der Waals surface area contributed by atoms with Gasteiger partial charge in [-0.05, 0) is 54.7 Å². The van der Waals surface area contributed by atoms with Crippen molar-refractivity contribution in [3.63, 3.8) is 0 Å². The van der Waals surface area contributed by atoms with Gasteiger partial charge in [-0.3, -0.25) is 16.1 Å². The first-order chi connectivity index (χ1) is 14.6. The maximum Gasteiger partial charge on any atom is 0.211 e. The van der Waals surface area contributed by atoms with Crippen molar-refractivity contribution in [1.82, 2.24) is 20.7 Å². The monoisotopic (exact) mass is 446 g/mol. The molecule has 0 saturated carbocycles. The van der Waals surface area contributed by atoms with E-state index in [9.17, 15) is 0 Å². The predicted octanol–water partition coefficient (Wildman–Crippen LogP) is 3.21. The molecule has 0 spiro atoms. The molecule has 2 aliphatic rings. The van der Waals surface area contributed by atoms with E-state index in [0.29, 0.717) is 6.04 Å². The van der Waals surface area contributed by atoms with Gasteiger partial charge in [0.05, 0.1) is 0 Å². The Kier molecular flexibility index (Phi) is 7.12. The van der Waals surface area contributed by atoms with Crippen molar-refractivity contribution in [3.8, 4) is 0 Å². The molecule has 1 fully saturated rings. The molecule has 2 aromatic carbocycles. The van der Waals surface area contributed by atoms with Gasteiger partial charge in [0.25, 0.3) is 0 Å². The van der Waals surface area contributed by atoms with Crippen molar-refractivity contribution in [2.45, 2.75) is 38.1 Å². The van der Waals surface area contributed by atoms with Gasteiger partial charge >= 0.3 is 0 Å². The fourth-order valence-corrected chi connectivity index (χ4v) is 4.46. The number of nitrogens with one attached hydrogen (secondary N) is 2. The van der Waals surface area contributed by atoms with E-state index in [4.69, 9.17) is 28.9 Å². The number of nitrogens with two attached hydrogens (primary N) is 1. The topological polar surface area (TPSA) is 68.9 Å². The molecule has 4 N–H and O–H groups in total. The van der Waals surface area contributed by atoms with Crippen molar-refractivity contribution in [2.75, 3.05) is 19.6 Å². The number of hydrogen-bond acceptors (Lipinski definition) is 6. The second-order valence-corrected chi connectivity index (χ2v) is 8.73. The minimum Gasteiger partial charge on any atom is -0.342 e. The molecule has 8 heteroatoms. The summed E-state index contributed by atoms with van der Waals surface area (Å²) in [6, 6.07) is 16.8. The van der Waals surface area contributed by atoms with Crippen LogP contribution in [0.4, 0.5) is 0 Å². The molecule has 2 aliphatic heterocycles. The molecule has 0 aliphatic carbocycles. The summed E-state index contributed by atoms with van der Waals surface area (Å²) in [7, 11) is 0. The molecular weight excluding hydrogens is 419 g/mol. The summed E-state index contributed by atoms with van der Waals surface area (Å²) < 4.78 is 0. The van der Waals surface area contributed by atoms with Gasteiger partial charge in [0.15, 0.2) is 6.29 Å². The van der Waals surface area contributed by atoms with Gasteiger partial charge in [-0.15, -0.1) is 0 Å². The fraction of sp³-hybridized carbons (Fsp3) is 0.409. The first-order valence-electron chi connectivity index (χ1n) is 10.4. The van der Waals surface area contributed by atoms with E-state index in [1.165, 1.54) is 11.1 Å². The van der Waals surface area contributed by atoms with Crippen LogP contribution < -0.4 is 16.6 Å². The first-order valence-corrected chi connectivity index (χ1v) is 11.2. The molecule has 2 heterocycles. The lowest BCUT2D eigenvalue weighted by atomic mass is 10.0. The Hall–Kier alpha value is -1.83. The molecule has 0 bridgehead atoms. The van der Waals surface area contributed by atoms with Crippen LogP contribution in [0.15, 0.2) is 53.5 Å². The molecule has 6 nitrogen and oxygen atoms in total. The number of nitrogens with zero attached hydrogens (tertiary/aromatic N) is 3. The summed E-state index contributed by atoms with van der Waals surface area (Å²) in [5, 5.41) is 1.56. The molecular formula is C22H28Cl2N6. The van der Waals surface area contributed by atoms with Gasteiger partial charge in [0.2, 0.25) is 5.96 Å². The van der Waals surface area contributed by atoms with E-state index in [2.05, 4.69) is 49.9 Å². The number of piperidine rings is 1. The zero-order chi connectivity index (χ0) is 20.9. The van der Waals surface area contributed by atoms with Crippen LogP contribution in [0.3, 0.4) is 0 Å². The SMILES string of the molecule is NC1N=C(N2CCC(N(CCc3ccc(Cl)cc3)Cc3cccc(Cl)c3)CC2)NN1. The second kappa shape index (κ2) is 9.98. The standard InChI is InChI=1S/C22H28Cl2N6/c23-18-6-4-16(5-7-18)8-11-30(15-17-2-1-3-19(24)14-17)20-9-12-29(13-10-20)22-26-21(25)27-28-22/h1-7,14,20-21,27H,8-13,15,25H2,(H,26,28). The minimum absolute atomic E-state index is 0.364. The second-order valence-electron chi connectivity index (χ2n) is 7.86. The quantitative estimate of drug-likeness (QED) is 0.635. The van der Waals surface area contributed by atoms with Gasteiger partial charge in [0.1, 0.15) is 0 Å². The third-order valence-corrected chi connectivity index (χ3v) is 6.24. The Bertz CT molecular complexity index is 864. The van der Waals surface area contributed by atoms with Crippen LogP contribution in [0, 0.1) is 0 Å². The largest absolute Gasteiger partial charge is 0.342 e. The van der Waals surface area contributed by atoms with Crippen molar-refractivity contribution >= 4 is 29.2 Å². The number of likely N-dealkylation sites (tertiary alicyclic amines) is 1. The molecule has 160 valence electrons. The van der Waals surface area contributed by atoms with E-state index in [1.807, 2.05) is 24.3 Å². The Balaban J connectivity index is 1.41. The average molecular weight is 447 g/mol. The van der Waals surface area contributed by atoms with Crippen molar-refractivity contribution in [2.24, 2.45) is 10.7 Å². The normalized spacial score (nSPS) is 19.8. The van der Waals surface area contributed by atoms with Crippen LogP contribution in [0.25, 0.3) is 0 Å². The molecule has 0 amide bonds. The number of hydrogen-bond donors (Lipinski definition) is 3. The summed E-state index contributed by atoms with van der Waals surface area (Å²) in [5.74, 6) is 0.850. The van der Waals surface area contributed by atoms with Crippen LogP contribution in [0.2, 0.25) is 10.0 Å². The van der Waals surface area contributed by atoms with E-state index in [-0.39, 0.29) is 6.29 Å². The molecule has 1 atom stereocenters. The molecule has 0 aromatic heterocycles. The third kappa shape index (κ3) is 5.65. The summed E-state index contributed by atoms with van der Waals surface area (Å²) in [5.41, 5.74) is 14.4. The first kappa shape index (κ1) is 21.4. The van der Waals surface area contributed by atoms with Crippen LogP contribution in [0.1, 0.15) is 24.0 Å². The van der Waals surface area contributed by atoms with E-state index < -0.39 is 0 Å². The highest BCUT2D eigenvalue weighted by atomic mass is 35.5. The van der Waals surface area contributed by atoms with Crippen LogP contribution in [-0.2, 0) is 13.0 Å².